The summed E-state index contributed by atoms with van der Waals surface area (Å²) in [5, 5.41) is 2.80. The first-order valence-electron chi connectivity index (χ1n) is 7.89. The third-order valence-electron chi connectivity index (χ3n) is 3.70. The van der Waals surface area contributed by atoms with Gasteiger partial charge in [-0.25, -0.2) is 9.78 Å². The van der Waals surface area contributed by atoms with Gasteiger partial charge in [0.2, 0.25) is 0 Å². The van der Waals surface area contributed by atoms with Crippen molar-refractivity contribution in [3.63, 3.8) is 0 Å². The van der Waals surface area contributed by atoms with Crippen molar-refractivity contribution >= 4 is 17.3 Å². The fourth-order valence-corrected chi connectivity index (χ4v) is 3.37. The molecule has 0 N–H and O–H groups in total. The summed E-state index contributed by atoms with van der Waals surface area (Å²) in [7, 11) is 1.64. The molecule has 2 aromatic carbocycles. The minimum absolute atomic E-state index is 0.165. The predicted molar refractivity (Wildman–Crippen MR) is 99.1 cm³/mol. The Labute approximate surface area is 151 Å². The van der Waals surface area contributed by atoms with Crippen LogP contribution in [0.25, 0.3) is 10.6 Å². The van der Waals surface area contributed by atoms with E-state index in [2.05, 4.69) is 4.98 Å². The molecular formula is C20H19NO3S. The average molecular weight is 353 g/mol. The van der Waals surface area contributed by atoms with Gasteiger partial charge in [-0.05, 0) is 50.2 Å². The Morgan fingerprint density at radius 2 is 1.76 bits per heavy atom. The van der Waals surface area contributed by atoms with Crippen LogP contribution in [0.5, 0.6) is 5.75 Å². The van der Waals surface area contributed by atoms with Gasteiger partial charge in [0.25, 0.3) is 0 Å². The number of carbonyl (C=O) groups is 1. The summed E-state index contributed by atoms with van der Waals surface area (Å²) in [5.74, 6) is 0.480. The van der Waals surface area contributed by atoms with Crippen LogP contribution in [0.3, 0.4) is 0 Å². The molecule has 0 aliphatic heterocycles. The Bertz CT molecular complexity index is 864. The molecule has 0 saturated heterocycles. The number of carbonyl (C=O) groups excluding carboxylic acids is 1. The van der Waals surface area contributed by atoms with E-state index in [1.807, 2.05) is 61.7 Å². The summed E-state index contributed by atoms with van der Waals surface area (Å²) in [6, 6.07) is 13.4. The molecule has 0 unspecified atom stereocenters. The number of esters is 1. The number of hydrogen-bond donors (Lipinski definition) is 0. The number of hydrogen-bond acceptors (Lipinski definition) is 5. The number of aryl methyl sites for hydroxylation is 2. The highest BCUT2D eigenvalue weighted by Crippen LogP contribution is 2.26. The molecule has 4 nitrogen and oxygen atoms in total. The zero-order chi connectivity index (χ0) is 17.8. The Balaban J connectivity index is 1.65. The Hall–Kier alpha value is -2.66. The summed E-state index contributed by atoms with van der Waals surface area (Å²) in [6.07, 6.45) is 0. The normalized spacial score (nSPS) is 10.5. The summed E-state index contributed by atoms with van der Waals surface area (Å²) < 4.78 is 10.6. The van der Waals surface area contributed by atoms with Crippen LogP contribution >= 0.6 is 11.3 Å². The number of methoxy groups -OCH3 is 1. The molecule has 128 valence electrons. The maximum atomic E-state index is 12.2. The lowest BCUT2D eigenvalue weighted by Crippen LogP contribution is -2.06. The van der Waals surface area contributed by atoms with Crippen LogP contribution < -0.4 is 4.74 Å². The molecule has 0 atom stereocenters. The minimum atomic E-state index is -0.328. The molecule has 0 spiro atoms. The highest BCUT2D eigenvalue weighted by molar-refractivity contribution is 7.13. The lowest BCUT2D eigenvalue weighted by Gasteiger charge is -2.05. The minimum Gasteiger partial charge on any atom is -0.497 e. The topological polar surface area (TPSA) is 48.4 Å². The second kappa shape index (κ2) is 7.49. The van der Waals surface area contributed by atoms with Crippen molar-refractivity contribution in [2.24, 2.45) is 0 Å². The third-order valence-corrected chi connectivity index (χ3v) is 4.64. The smallest absolute Gasteiger partial charge is 0.338 e. The van der Waals surface area contributed by atoms with Crippen LogP contribution in [-0.2, 0) is 11.3 Å². The zero-order valence-corrected chi connectivity index (χ0v) is 15.2. The molecule has 0 aliphatic rings. The van der Waals surface area contributed by atoms with Gasteiger partial charge in [0.05, 0.1) is 18.4 Å². The van der Waals surface area contributed by atoms with E-state index in [0.29, 0.717) is 5.56 Å². The molecule has 1 aromatic heterocycles. The first kappa shape index (κ1) is 17.2. The van der Waals surface area contributed by atoms with Crippen LogP contribution in [-0.4, -0.2) is 18.1 Å². The largest absolute Gasteiger partial charge is 0.497 e. The maximum absolute atomic E-state index is 12.2. The summed E-state index contributed by atoms with van der Waals surface area (Å²) in [4.78, 5) is 16.7. The standard InChI is InChI=1S/C20H19NO3S/c1-13-8-14(2)10-16(9-13)20(22)24-11-17-12-25-19(21-17)15-4-6-18(23-3)7-5-15/h4-10,12H,11H2,1-3H3. The molecule has 0 amide bonds. The van der Waals surface area contributed by atoms with E-state index in [9.17, 15) is 4.79 Å². The molecule has 0 aliphatic carbocycles. The average Bonchev–Trinajstić information content (AvgIpc) is 3.08. The van der Waals surface area contributed by atoms with Crippen molar-refractivity contribution in [2.45, 2.75) is 20.5 Å². The molecule has 0 fully saturated rings. The summed E-state index contributed by atoms with van der Waals surface area (Å²) >= 11 is 1.53. The van der Waals surface area contributed by atoms with E-state index < -0.39 is 0 Å². The van der Waals surface area contributed by atoms with E-state index >= 15 is 0 Å². The van der Waals surface area contributed by atoms with Gasteiger partial charge in [0.1, 0.15) is 17.4 Å². The third kappa shape index (κ3) is 4.25. The summed E-state index contributed by atoms with van der Waals surface area (Å²) in [6.45, 7) is 4.09. The van der Waals surface area contributed by atoms with Gasteiger partial charge >= 0.3 is 5.97 Å². The quantitative estimate of drug-likeness (QED) is 0.619. The first-order valence-corrected chi connectivity index (χ1v) is 8.77. The van der Waals surface area contributed by atoms with E-state index in [1.54, 1.807) is 7.11 Å². The van der Waals surface area contributed by atoms with Gasteiger partial charge in [-0.2, -0.15) is 0 Å². The fourth-order valence-electron chi connectivity index (χ4n) is 2.55. The van der Waals surface area contributed by atoms with Crippen molar-refractivity contribution in [3.8, 4) is 16.3 Å². The Morgan fingerprint density at radius 3 is 2.40 bits per heavy atom. The van der Waals surface area contributed by atoms with E-state index in [4.69, 9.17) is 9.47 Å². The predicted octanol–water partition coefficient (Wildman–Crippen LogP) is 4.79. The van der Waals surface area contributed by atoms with Crippen molar-refractivity contribution in [3.05, 3.63) is 70.2 Å². The molecule has 3 aromatic rings. The van der Waals surface area contributed by atoms with Crippen LogP contribution in [0.4, 0.5) is 0 Å². The van der Waals surface area contributed by atoms with Crippen LogP contribution in [0.15, 0.2) is 47.8 Å². The van der Waals surface area contributed by atoms with E-state index in [1.165, 1.54) is 11.3 Å². The van der Waals surface area contributed by atoms with Gasteiger partial charge in [-0.1, -0.05) is 17.2 Å². The van der Waals surface area contributed by atoms with Crippen LogP contribution in [0.1, 0.15) is 27.2 Å². The SMILES string of the molecule is COc1ccc(-c2nc(COC(=O)c3cc(C)cc(C)c3)cs2)cc1. The molecule has 1 heterocycles. The van der Waals surface area contributed by atoms with Crippen molar-refractivity contribution in [1.82, 2.24) is 4.98 Å². The lowest BCUT2D eigenvalue weighted by atomic mass is 10.1. The molecule has 5 heteroatoms. The van der Waals surface area contributed by atoms with Crippen molar-refractivity contribution < 1.29 is 14.3 Å². The summed E-state index contributed by atoms with van der Waals surface area (Å²) in [5.41, 5.74) is 4.42. The van der Waals surface area contributed by atoms with Gasteiger partial charge in [0.15, 0.2) is 0 Å². The molecule has 0 radical (unpaired) electrons. The molecule has 0 saturated carbocycles. The highest BCUT2D eigenvalue weighted by Gasteiger charge is 2.11. The van der Waals surface area contributed by atoms with Crippen LogP contribution in [0, 0.1) is 13.8 Å². The number of nitrogens with zero attached hydrogens (tertiary/aromatic N) is 1. The molecule has 3 rings (SSSR count). The van der Waals surface area contributed by atoms with Gasteiger partial charge in [-0.3, -0.25) is 0 Å². The Morgan fingerprint density at radius 1 is 1.08 bits per heavy atom. The highest BCUT2D eigenvalue weighted by atomic mass is 32.1. The van der Waals surface area contributed by atoms with Gasteiger partial charge in [0, 0.05) is 10.9 Å². The monoisotopic (exact) mass is 353 g/mol. The fraction of sp³-hybridized carbons (Fsp3) is 0.200. The Kier molecular flexibility index (Phi) is 5.14. The van der Waals surface area contributed by atoms with Crippen molar-refractivity contribution in [2.75, 3.05) is 7.11 Å². The van der Waals surface area contributed by atoms with E-state index in [-0.39, 0.29) is 12.6 Å². The van der Waals surface area contributed by atoms with Crippen molar-refractivity contribution in [1.29, 1.82) is 0 Å². The second-order valence-corrected chi connectivity index (χ2v) is 6.68. The molecular weight excluding hydrogens is 334 g/mol. The first-order chi connectivity index (χ1) is 12.0. The zero-order valence-electron chi connectivity index (χ0n) is 14.4. The van der Waals surface area contributed by atoms with Crippen LogP contribution in [0.2, 0.25) is 0 Å². The van der Waals surface area contributed by atoms with E-state index in [0.717, 1.165) is 33.1 Å². The molecule has 0 bridgehead atoms. The molecule has 25 heavy (non-hydrogen) atoms. The number of ether oxygens (including phenoxy) is 2. The number of aromatic nitrogens is 1. The van der Waals surface area contributed by atoms with Gasteiger partial charge in [-0.15, -0.1) is 11.3 Å². The lowest BCUT2D eigenvalue weighted by molar-refractivity contribution is 0.0468. The number of thiazole rings is 1. The number of rotatable bonds is 5. The second-order valence-electron chi connectivity index (χ2n) is 5.83. The van der Waals surface area contributed by atoms with Gasteiger partial charge < -0.3 is 9.47 Å². The maximum Gasteiger partial charge on any atom is 0.338 e. The number of benzene rings is 2.